The van der Waals surface area contributed by atoms with Gasteiger partial charge in [0.2, 0.25) is 5.91 Å². The molecule has 0 radical (unpaired) electrons. The quantitative estimate of drug-likeness (QED) is 0.309. The lowest BCUT2D eigenvalue weighted by molar-refractivity contribution is -0.113. The number of thiazole rings is 1. The molecule has 174 valence electrons. The number of rotatable bonds is 7. The Labute approximate surface area is 207 Å². The van der Waals surface area contributed by atoms with Crippen LogP contribution < -0.4 is 10.1 Å². The number of methoxy groups -OCH3 is 1. The molecule has 34 heavy (non-hydrogen) atoms. The van der Waals surface area contributed by atoms with Crippen molar-refractivity contribution in [1.29, 1.82) is 0 Å². The van der Waals surface area contributed by atoms with Gasteiger partial charge in [0.05, 0.1) is 23.4 Å². The molecule has 1 amide bonds. The van der Waals surface area contributed by atoms with Crippen LogP contribution in [-0.2, 0) is 4.79 Å². The fourth-order valence-corrected chi connectivity index (χ4v) is 5.35. The molecule has 2 aromatic carbocycles. The summed E-state index contributed by atoms with van der Waals surface area (Å²) in [7, 11) is 1.65. The maximum atomic E-state index is 12.5. The second-order valence-electron chi connectivity index (χ2n) is 8.03. The average molecular weight is 491 g/mol. The van der Waals surface area contributed by atoms with Gasteiger partial charge in [-0.05, 0) is 75.2 Å². The van der Waals surface area contributed by atoms with Crippen molar-refractivity contribution >= 4 is 34.7 Å². The molecule has 0 aliphatic rings. The number of aryl methyl sites for hydroxylation is 4. The highest BCUT2D eigenvalue weighted by atomic mass is 32.2. The van der Waals surface area contributed by atoms with Gasteiger partial charge >= 0.3 is 0 Å². The van der Waals surface area contributed by atoms with Crippen LogP contribution in [0.1, 0.15) is 22.4 Å². The van der Waals surface area contributed by atoms with Gasteiger partial charge < -0.3 is 10.1 Å². The predicted octanol–water partition coefficient (Wildman–Crippen LogP) is 6.24. The molecule has 4 rings (SSSR count). The van der Waals surface area contributed by atoms with E-state index in [0.29, 0.717) is 5.03 Å². The number of benzene rings is 2. The number of thioether (sulfide) groups is 1. The predicted molar refractivity (Wildman–Crippen MR) is 140 cm³/mol. The zero-order chi connectivity index (χ0) is 24.2. The van der Waals surface area contributed by atoms with E-state index >= 15 is 0 Å². The Morgan fingerprint density at radius 3 is 2.32 bits per heavy atom. The topological polar surface area (TPSA) is 77.0 Å². The first-order valence-electron chi connectivity index (χ1n) is 10.8. The Kier molecular flexibility index (Phi) is 7.29. The van der Waals surface area contributed by atoms with E-state index in [2.05, 4.69) is 34.6 Å². The standard InChI is InChI=1S/C26H26N4O2S2/c1-15-12-16(2)24(17(3)13-15)28-22(31)14-33-23-11-10-21(29-30-23)25-18(4)27-26(34-25)19-6-8-20(32-5)9-7-19/h6-13H,14H2,1-5H3,(H,28,31). The van der Waals surface area contributed by atoms with E-state index in [1.54, 1.807) is 18.4 Å². The minimum atomic E-state index is -0.0617. The van der Waals surface area contributed by atoms with Gasteiger partial charge in [0, 0.05) is 11.3 Å². The molecule has 6 nitrogen and oxygen atoms in total. The minimum Gasteiger partial charge on any atom is -0.497 e. The Morgan fingerprint density at radius 2 is 1.71 bits per heavy atom. The van der Waals surface area contributed by atoms with Gasteiger partial charge in [0.15, 0.2) is 0 Å². The van der Waals surface area contributed by atoms with Crippen molar-refractivity contribution in [2.45, 2.75) is 32.7 Å². The second kappa shape index (κ2) is 10.4. The molecular formula is C26H26N4O2S2. The third-order valence-electron chi connectivity index (χ3n) is 5.30. The van der Waals surface area contributed by atoms with Crippen molar-refractivity contribution in [1.82, 2.24) is 15.2 Å². The Balaban J connectivity index is 1.40. The van der Waals surface area contributed by atoms with Gasteiger partial charge in [-0.3, -0.25) is 4.79 Å². The molecule has 0 saturated heterocycles. The number of hydrogen-bond acceptors (Lipinski definition) is 7. The summed E-state index contributed by atoms with van der Waals surface area (Å²) in [6, 6.07) is 15.8. The van der Waals surface area contributed by atoms with Crippen LogP contribution in [-0.4, -0.2) is 34.0 Å². The summed E-state index contributed by atoms with van der Waals surface area (Å²) in [5.74, 6) is 1.02. The van der Waals surface area contributed by atoms with Gasteiger partial charge in [-0.25, -0.2) is 4.98 Å². The van der Waals surface area contributed by atoms with Crippen molar-refractivity contribution in [2.24, 2.45) is 0 Å². The third-order valence-corrected chi connectivity index (χ3v) is 7.45. The molecule has 1 N–H and O–H groups in total. The van der Waals surface area contributed by atoms with Crippen LogP contribution >= 0.6 is 23.1 Å². The SMILES string of the molecule is COc1ccc(-c2nc(C)c(-c3ccc(SCC(=O)Nc4c(C)cc(C)cc4C)nn3)s2)cc1. The van der Waals surface area contributed by atoms with E-state index in [9.17, 15) is 4.79 Å². The van der Waals surface area contributed by atoms with Crippen molar-refractivity contribution in [3.8, 4) is 26.9 Å². The minimum absolute atomic E-state index is 0.0617. The second-order valence-corrected chi connectivity index (χ2v) is 10.0. The molecule has 0 spiro atoms. The van der Waals surface area contributed by atoms with Crippen molar-refractivity contribution in [3.63, 3.8) is 0 Å². The lowest BCUT2D eigenvalue weighted by atomic mass is 10.1. The molecule has 0 unspecified atom stereocenters. The van der Waals surface area contributed by atoms with Crippen LogP contribution in [0.5, 0.6) is 5.75 Å². The molecule has 0 saturated carbocycles. The Bertz CT molecular complexity index is 1290. The molecule has 0 atom stereocenters. The van der Waals surface area contributed by atoms with Crippen LogP contribution in [0.25, 0.3) is 21.1 Å². The highest BCUT2D eigenvalue weighted by molar-refractivity contribution is 7.99. The number of carbonyl (C=O) groups excluding carboxylic acids is 1. The summed E-state index contributed by atoms with van der Waals surface area (Å²) in [5.41, 5.74) is 6.91. The maximum absolute atomic E-state index is 12.5. The monoisotopic (exact) mass is 490 g/mol. The fraction of sp³-hybridized carbons (Fsp3) is 0.231. The smallest absolute Gasteiger partial charge is 0.234 e. The van der Waals surface area contributed by atoms with Crippen LogP contribution in [0, 0.1) is 27.7 Å². The molecule has 0 fully saturated rings. The van der Waals surface area contributed by atoms with Gasteiger partial charge in [0.25, 0.3) is 0 Å². The van der Waals surface area contributed by atoms with Gasteiger partial charge in [-0.1, -0.05) is 29.5 Å². The summed E-state index contributed by atoms with van der Waals surface area (Å²) < 4.78 is 5.23. The Hall–Kier alpha value is -3.23. The van der Waals surface area contributed by atoms with Crippen LogP contribution in [0.2, 0.25) is 0 Å². The van der Waals surface area contributed by atoms with Crippen LogP contribution in [0.4, 0.5) is 5.69 Å². The van der Waals surface area contributed by atoms with E-state index in [0.717, 1.165) is 49.4 Å². The van der Waals surface area contributed by atoms with Crippen LogP contribution in [0.3, 0.4) is 0 Å². The maximum Gasteiger partial charge on any atom is 0.234 e. The zero-order valence-corrected chi connectivity index (χ0v) is 21.4. The summed E-state index contributed by atoms with van der Waals surface area (Å²) in [4.78, 5) is 18.2. The fourth-order valence-electron chi connectivity index (χ4n) is 3.70. The lowest BCUT2D eigenvalue weighted by Crippen LogP contribution is -2.16. The summed E-state index contributed by atoms with van der Waals surface area (Å²) in [5, 5.41) is 13.4. The number of nitrogens with one attached hydrogen (secondary N) is 1. The van der Waals surface area contributed by atoms with Crippen LogP contribution in [0.15, 0.2) is 53.6 Å². The summed E-state index contributed by atoms with van der Waals surface area (Å²) in [6.07, 6.45) is 0. The molecule has 0 aliphatic carbocycles. The zero-order valence-electron chi connectivity index (χ0n) is 19.8. The highest BCUT2D eigenvalue weighted by Crippen LogP contribution is 2.35. The summed E-state index contributed by atoms with van der Waals surface area (Å²) in [6.45, 7) is 8.04. The number of aromatic nitrogens is 3. The first-order valence-corrected chi connectivity index (χ1v) is 12.6. The van der Waals surface area contributed by atoms with Crippen molar-refractivity contribution < 1.29 is 9.53 Å². The number of ether oxygens (including phenoxy) is 1. The number of amides is 1. The average Bonchev–Trinajstić information content (AvgIpc) is 3.22. The van der Waals surface area contributed by atoms with Gasteiger partial charge in [-0.15, -0.1) is 21.5 Å². The largest absolute Gasteiger partial charge is 0.497 e. The first-order chi connectivity index (χ1) is 16.3. The third kappa shape index (κ3) is 5.46. The van der Waals surface area contributed by atoms with Crippen molar-refractivity contribution in [2.75, 3.05) is 18.2 Å². The lowest BCUT2D eigenvalue weighted by Gasteiger charge is -2.12. The molecule has 2 heterocycles. The normalized spacial score (nSPS) is 10.9. The molecule has 4 aromatic rings. The first kappa shape index (κ1) is 23.9. The van der Waals surface area contributed by atoms with Gasteiger partial charge in [-0.2, -0.15) is 0 Å². The molecule has 8 heteroatoms. The van der Waals surface area contributed by atoms with Crippen molar-refractivity contribution in [3.05, 3.63) is 70.9 Å². The molecular weight excluding hydrogens is 464 g/mol. The highest BCUT2D eigenvalue weighted by Gasteiger charge is 2.14. The van der Waals surface area contributed by atoms with E-state index < -0.39 is 0 Å². The van der Waals surface area contributed by atoms with E-state index in [-0.39, 0.29) is 11.7 Å². The van der Waals surface area contributed by atoms with Gasteiger partial charge in [0.1, 0.15) is 21.5 Å². The molecule has 0 bridgehead atoms. The summed E-state index contributed by atoms with van der Waals surface area (Å²) >= 11 is 2.95. The van der Waals surface area contributed by atoms with E-state index in [4.69, 9.17) is 9.72 Å². The molecule has 0 aliphatic heterocycles. The van der Waals surface area contributed by atoms with E-state index in [1.807, 2.05) is 57.2 Å². The van der Waals surface area contributed by atoms with E-state index in [1.165, 1.54) is 17.3 Å². The molecule has 2 aromatic heterocycles. The number of nitrogens with zero attached hydrogens (tertiary/aromatic N) is 3. The number of hydrogen-bond donors (Lipinski definition) is 1. The Morgan fingerprint density at radius 1 is 1.00 bits per heavy atom. The number of anilines is 1. The number of carbonyl (C=O) groups is 1.